The summed E-state index contributed by atoms with van der Waals surface area (Å²) in [5.41, 5.74) is 7.04. The Morgan fingerprint density at radius 3 is 2.44 bits per heavy atom. The summed E-state index contributed by atoms with van der Waals surface area (Å²) >= 11 is 1.53. The Hall–Kier alpha value is -0.550. The Morgan fingerprint density at radius 2 is 1.94 bits per heavy atom. The van der Waals surface area contributed by atoms with Gasteiger partial charge in [0.15, 0.2) is 0 Å². The minimum Gasteiger partial charge on any atom is -0.394 e. The van der Waals surface area contributed by atoms with Crippen molar-refractivity contribution in [1.29, 1.82) is 0 Å². The summed E-state index contributed by atoms with van der Waals surface area (Å²) in [5.74, 6) is 0.510. The van der Waals surface area contributed by atoms with Crippen LogP contribution in [0.3, 0.4) is 0 Å². The van der Waals surface area contributed by atoms with Gasteiger partial charge in [0.25, 0.3) is 0 Å². The van der Waals surface area contributed by atoms with Gasteiger partial charge in [-0.1, -0.05) is 19.1 Å². The third kappa shape index (κ3) is 4.14. The molecule has 0 spiro atoms. The van der Waals surface area contributed by atoms with Gasteiger partial charge in [0.05, 0.1) is 12.7 Å². The van der Waals surface area contributed by atoms with Crippen LogP contribution in [0.1, 0.15) is 24.9 Å². The van der Waals surface area contributed by atoms with Crippen LogP contribution in [-0.4, -0.2) is 28.7 Å². The summed E-state index contributed by atoms with van der Waals surface area (Å²) in [4.78, 5) is 1.08. The molecule has 90 valence electrons. The quantitative estimate of drug-likeness (QED) is 0.661. The fourth-order valence-electron chi connectivity index (χ4n) is 1.29. The van der Waals surface area contributed by atoms with E-state index >= 15 is 0 Å². The van der Waals surface area contributed by atoms with Gasteiger partial charge in [-0.25, -0.2) is 0 Å². The van der Waals surface area contributed by atoms with Crippen LogP contribution in [0.15, 0.2) is 29.2 Å². The van der Waals surface area contributed by atoms with Crippen molar-refractivity contribution in [2.45, 2.75) is 30.4 Å². The van der Waals surface area contributed by atoms with Crippen molar-refractivity contribution >= 4 is 11.8 Å². The largest absolute Gasteiger partial charge is 0.394 e. The molecular weight excluding hydrogens is 222 g/mol. The van der Waals surface area contributed by atoms with E-state index in [1.165, 1.54) is 11.8 Å². The fraction of sp³-hybridized carbons (Fsp3) is 0.500. The molecule has 0 saturated heterocycles. The number of aliphatic hydroxyl groups excluding tert-OH is 2. The molecule has 4 heteroatoms. The number of thioether (sulfide) groups is 1. The zero-order valence-electron chi connectivity index (χ0n) is 9.47. The van der Waals surface area contributed by atoms with Gasteiger partial charge in [0.1, 0.15) is 0 Å². The summed E-state index contributed by atoms with van der Waals surface area (Å²) in [5, 5.41) is 17.9. The summed E-state index contributed by atoms with van der Waals surface area (Å²) in [6.07, 6.45) is 0.276. The van der Waals surface area contributed by atoms with E-state index in [1.807, 2.05) is 24.3 Å². The fourth-order valence-corrected chi connectivity index (χ4v) is 2.11. The summed E-state index contributed by atoms with van der Waals surface area (Å²) in [6.45, 7) is 1.87. The number of aliphatic hydroxyl groups is 2. The molecule has 0 fully saturated rings. The van der Waals surface area contributed by atoms with Crippen molar-refractivity contribution < 1.29 is 10.2 Å². The Balaban J connectivity index is 2.51. The second-order valence-electron chi connectivity index (χ2n) is 3.73. The SMILES string of the molecule is CC[C@@H](N)c1ccc(SCC(O)CO)cc1. The van der Waals surface area contributed by atoms with E-state index < -0.39 is 6.10 Å². The highest BCUT2D eigenvalue weighted by Gasteiger charge is 2.05. The van der Waals surface area contributed by atoms with Gasteiger partial charge in [0.2, 0.25) is 0 Å². The monoisotopic (exact) mass is 241 g/mol. The van der Waals surface area contributed by atoms with Crippen LogP contribution in [0.25, 0.3) is 0 Å². The maximum absolute atomic E-state index is 9.21. The van der Waals surface area contributed by atoms with Crippen LogP contribution in [-0.2, 0) is 0 Å². The second-order valence-corrected chi connectivity index (χ2v) is 4.82. The van der Waals surface area contributed by atoms with Gasteiger partial charge < -0.3 is 15.9 Å². The van der Waals surface area contributed by atoms with Crippen LogP contribution >= 0.6 is 11.8 Å². The molecule has 16 heavy (non-hydrogen) atoms. The van der Waals surface area contributed by atoms with Gasteiger partial charge in [-0.15, -0.1) is 11.8 Å². The number of rotatable bonds is 6. The van der Waals surface area contributed by atoms with E-state index in [-0.39, 0.29) is 12.6 Å². The number of hydrogen-bond donors (Lipinski definition) is 3. The lowest BCUT2D eigenvalue weighted by atomic mass is 10.1. The van der Waals surface area contributed by atoms with Gasteiger partial charge in [-0.05, 0) is 24.1 Å². The Kier molecular flexibility index (Phi) is 5.84. The first-order chi connectivity index (χ1) is 7.67. The van der Waals surface area contributed by atoms with Crippen molar-refractivity contribution in [3.8, 4) is 0 Å². The maximum Gasteiger partial charge on any atom is 0.0864 e. The molecule has 1 aromatic rings. The average molecular weight is 241 g/mol. The Labute approximate surface area is 101 Å². The molecule has 0 saturated carbocycles. The average Bonchev–Trinajstić information content (AvgIpc) is 2.35. The molecule has 0 aromatic heterocycles. The van der Waals surface area contributed by atoms with Crippen LogP contribution in [0, 0.1) is 0 Å². The highest BCUT2D eigenvalue weighted by atomic mass is 32.2. The molecule has 2 atom stereocenters. The van der Waals surface area contributed by atoms with Crippen LogP contribution in [0.5, 0.6) is 0 Å². The van der Waals surface area contributed by atoms with E-state index in [0.717, 1.165) is 16.9 Å². The molecule has 1 rings (SSSR count). The normalized spacial score (nSPS) is 14.8. The molecular formula is C12H19NO2S. The molecule has 3 nitrogen and oxygen atoms in total. The van der Waals surface area contributed by atoms with Crippen LogP contribution in [0.2, 0.25) is 0 Å². The lowest BCUT2D eigenvalue weighted by Gasteiger charge is -2.10. The van der Waals surface area contributed by atoms with Gasteiger partial charge in [0, 0.05) is 16.7 Å². The highest BCUT2D eigenvalue weighted by Crippen LogP contribution is 2.21. The third-order valence-corrected chi connectivity index (χ3v) is 3.56. The smallest absolute Gasteiger partial charge is 0.0864 e. The molecule has 0 heterocycles. The third-order valence-electron chi connectivity index (χ3n) is 2.40. The molecule has 1 unspecified atom stereocenters. The predicted octanol–water partition coefficient (Wildman–Crippen LogP) is 1.54. The Bertz CT molecular complexity index is 302. The van der Waals surface area contributed by atoms with E-state index in [9.17, 15) is 5.11 Å². The van der Waals surface area contributed by atoms with Crippen LogP contribution in [0.4, 0.5) is 0 Å². The lowest BCUT2D eigenvalue weighted by Crippen LogP contribution is -2.14. The molecule has 0 radical (unpaired) electrons. The molecule has 0 aliphatic rings. The van der Waals surface area contributed by atoms with E-state index in [2.05, 4.69) is 6.92 Å². The molecule has 0 bridgehead atoms. The van der Waals surface area contributed by atoms with Gasteiger partial charge in [-0.2, -0.15) is 0 Å². The van der Waals surface area contributed by atoms with Crippen molar-refractivity contribution in [3.63, 3.8) is 0 Å². The molecule has 1 aromatic carbocycles. The van der Waals surface area contributed by atoms with Gasteiger partial charge >= 0.3 is 0 Å². The first kappa shape index (κ1) is 13.5. The topological polar surface area (TPSA) is 66.5 Å². The number of nitrogens with two attached hydrogens (primary N) is 1. The number of hydrogen-bond acceptors (Lipinski definition) is 4. The summed E-state index contributed by atoms with van der Waals surface area (Å²) < 4.78 is 0. The predicted molar refractivity (Wildman–Crippen MR) is 67.5 cm³/mol. The summed E-state index contributed by atoms with van der Waals surface area (Å²) in [7, 11) is 0. The van der Waals surface area contributed by atoms with E-state index in [0.29, 0.717) is 5.75 Å². The Morgan fingerprint density at radius 1 is 1.31 bits per heavy atom. The lowest BCUT2D eigenvalue weighted by molar-refractivity contribution is 0.113. The van der Waals surface area contributed by atoms with E-state index in [1.54, 1.807) is 0 Å². The van der Waals surface area contributed by atoms with Crippen LogP contribution < -0.4 is 5.73 Å². The van der Waals surface area contributed by atoms with Crippen molar-refractivity contribution in [3.05, 3.63) is 29.8 Å². The minimum absolute atomic E-state index is 0.0992. The zero-order valence-corrected chi connectivity index (χ0v) is 10.3. The number of benzene rings is 1. The van der Waals surface area contributed by atoms with Gasteiger partial charge in [-0.3, -0.25) is 0 Å². The van der Waals surface area contributed by atoms with Crippen molar-refractivity contribution in [1.82, 2.24) is 0 Å². The first-order valence-electron chi connectivity index (χ1n) is 5.44. The van der Waals surface area contributed by atoms with E-state index in [4.69, 9.17) is 10.8 Å². The van der Waals surface area contributed by atoms with Crippen molar-refractivity contribution in [2.24, 2.45) is 5.73 Å². The first-order valence-corrected chi connectivity index (χ1v) is 6.43. The maximum atomic E-state index is 9.21. The molecule has 0 aliphatic carbocycles. The molecule has 0 aliphatic heterocycles. The highest BCUT2D eigenvalue weighted by molar-refractivity contribution is 7.99. The second kappa shape index (κ2) is 6.91. The standard InChI is InChI=1S/C12H19NO2S/c1-2-12(13)9-3-5-11(6-4-9)16-8-10(15)7-14/h3-6,10,12,14-15H,2,7-8,13H2,1H3/t10?,12-/m1/s1. The summed E-state index contributed by atoms with van der Waals surface area (Å²) in [6, 6.07) is 8.13. The van der Waals surface area contributed by atoms with Crippen molar-refractivity contribution in [2.75, 3.05) is 12.4 Å². The minimum atomic E-state index is -0.650. The molecule has 0 amide bonds. The zero-order chi connectivity index (χ0) is 12.0. The molecule has 4 N–H and O–H groups in total.